The highest BCUT2D eigenvalue weighted by molar-refractivity contribution is 5.38. The van der Waals surface area contributed by atoms with Crippen LogP contribution >= 0.6 is 0 Å². The summed E-state index contributed by atoms with van der Waals surface area (Å²) in [6.07, 6.45) is 0.302. The maximum Gasteiger partial charge on any atom is 0.118 e. The molecule has 0 amide bonds. The molecule has 2 atom stereocenters. The lowest BCUT2D eigenvalue weighted by Gasteiger charge is -2.22. The predicted octanol–water partition coefficient (Wildman–Crippen LogP) is 4.45. The van der Waals surface area contributed by atoms with Crippen molar-refractivity contribution >= 4 is 0 Å². The summed E-state index contributed by atoms with van der Waals surface area (Å²) in [5.41, 5.74) is 1.80. The van der Waals surface area contributed by atoms with E-state index in [1.54, 1.807) is 14.2 Å². The number of hydrogen-bond acceptors (Lipinski definition) is 3. The fourth-order valence-corrected chi connectivity index (χ4v) is 2.70. The number of ether oxygens (including phenoxy) is 2. The number of benzene rings is 2. The first-order chi connectivity index (χ1) is 11.2. The van der Waals surface area contributed by atoms with E-state index in [1.807, 2.05) is 48.5 Å². The summed E-state index contributed by atoms with van der Waals surface area (Å²) in [6.45, 7) is -0.467. The summed E-state index contributed by atoms with van der Waals surface area (Å²) < 4.78 is 23.3. The van der Waals surface area contributed by atoms with E-state index in [-0.39, 0.29) is 5.92 Å². The van der Waals surface area contributed by atoms with E-state index >= 15 is 0 Å². The minimum Gasteiger partial charge on any atom is -0.497 e. The first-order valence-corrected chi connectivity index (χ1v) is 7.47. The summed E-state index contributed by atoms with van der Waals surface area (Å²) in [5.74, 6) is 0.858. The molecule has 2 aromatic carbocycles. The highest BCUT2D eigenvalue weighted by atomic mass is 19.1. The minimum atomic E-state index is -0.467. The van der Waals surface area contributed by atoms with Crippen molar-refractivity contribution in [3.63, 3.8) is 0 Å². The molecule has 0 bridgehead atoms. The fraction of sp³-hybridized carbons (Fsp3) is 0.316. The number of hydrogen-bond donors (Lipinski definition) is 0. The third kappa shape index (κ3) is 4.01. The Labute approximate surface area is 136 Å². The smallest absolute Gasteiger partial charge is 0.118 e. The van der Waals surface area contributed by atoms with Gasteiger partial charge in [-0.15, -0.1) is 0 Å². The topological polar surface area (TPSA) is 42.2 Å². The van der Waals surface area contributed by atoms with Crippen molar-refractivity contribution in [3.05, 3.63) is 59.7 Å². The van der Waals surface area contributed by atoms with Gasteiger partial charge in [0.05, 0.1) is 32.9 Å². The summed E-state index contributed by atoms with van der Waals surface area (Å²) in [5, 5.41) is 9.64. The first kappa shape index (κ1) is 16.8. The zero-order chi connectivity index (χ0) is 16.7. The van der Waals surface area contributed by atoms with Crippen LogP contribution in [0.2, 0.25) is 0 Å². The van der Waals surface area contributed by atoms with Gasteiger partial charge < -0.3 is 9.47 Å². The average molecular weight is 313 g/mol. The predicted molar refractivity (Wildman–Crippen MR) is 87.7 cm³/mol. The van der Waals surface area contributed by atoms with Crippen LogP contribution in [0.4, 0.5) is 4.39 Å². The lowest BCUT2D eigenvalue weighted by molar-refractivity contribution is 0.411. The van der Waals surface area contributed by atoms with Crippen molar-refractivity contribution < 1.29 is 13.9 Å². The van der Waals surface area contributed by atoms with Gasteiger partial charge in [0.1, 0.15) is 11.5 Å². The molecule has 0 aliphatic carbocycles. The number of nitrogens with zero attached hydrogens (tertiary/aromatic N) is 1. The summed E-state index contributed by atoms with van der Waals surface area (Å²) in [6, 6.07) is 17.2. The summed E-state index contributed by atoms with van der Waals surface area (Å²) >= 11 is 0. The lowest BCUT2D eigenvalue weighted by atomic mass is 9.80. The molecule has 0 fully saturated rings. The molecule has 23 heavy (non-hydrogen) atoms. The molecule has 0 saturated heterocycles. The number of halogens is 1. The van der Waals surface area contributed by atoms with Gasteiger partial charge in [-0.2, -0.15) is 5.26 Å². The monoisotopic (exact) mass is 313 g/mol. The van der Waals surface area contributed by atoms with Crippen LogP contribution < -0.4 is 9.47 Å². The van der Waals surface area contributed by atoms with Crippen molar-refractivity contribution in [2.45, 2.75) is 18.3 Å². The van der Waals surface area contributed by atoms with Crippen molar-refractivity contribution in [2.24, 2.45) is 0 Å². The Hall–Kier alpha value is -2.54. The molecule has 0 saturated carbocycles. The molecule has 2 aromatic rings. The van der Waals surface area contributed by atoms with Crippen LogP contribution in [-0.2, 0) is 0 Å². The zero-order valence-electron chi connectivity index (χ0n) is 13.3. The Kier molecular flexibility index (Phi) is 5.99. The van der Waals surface area contributed by atoms with E-state index < -0.39 is 12.6 Å². The van der Waals surface area contributed by atoms with Gasteiger partial charge in [-0.1, -0.05) is 24.3 Å². The molecule has 0 aliphatic heterocycles. The molecule has 4 heteroatoms. The third-order valence-electron chi connectivity index (χ3n) is 3.98. The second-order valence-electron chi connectivity index (χ2n) is 5.24. The quantitative estimate of drug-likeness (QED) is 0.758. The van der Waals surface area contributed by atoms with E-state index in [1.165, 1.54) is 0 Å². The number of methoxy groups -OCH3 is 2. The number of rotatable bonds is 7. The van der Waals surface area contributed by atoms with Gasteiger partial charge in [0.15, 0.2) is 0 Å². The maximum absolute atomic E-state index is 13.1. The van der Waals surface area contributed by atoms with Crippen LogP contribution in [0.5, 0.6) is 11.5 Å². The number of nitriles is 1. The van der Waals surface area contributed by atoms with Crippen LogP contribution in [0.3, 0.4) is 0 Å². The van der Waals surface area contributed by atoms with Gasteiger partial charge in [-0.25, -0.2) is 0 Å². The Morgan fingerprint density at radius 2 is 1.39 bits per heavy atom. The van der Waals surface area contributed by atoms with Crippen molar-refractivity contribution in [1.82, 2.24) is 0 Å². The maximum atomic E-state index is 13.1. The normalized spacial score (nSPS) is 13.0. The molecule has 3 nitrogen and oxygen atoms in total. The molecule has 0 spiro atoms. The summed E-state index contributed by atoms with van der Waals surface area (Å²) in [7, 11) is 3.20. The Bertz CT molecular complexity index is 647. The molecule has 0 N–H and O–H groups in total. The standard InChI is InChI=1S/C19H20FNO2/c1-22-16-7-3-14(4-8-16)18(11-12-20)19(13-21)15-5-9-17(23-2)10-6-15/h3-10,18-19H,11-12H2,1-2H3/t18-,19+/m0/s1. The SMILES string of the molecule is COc1ccc([C@@H](C#N)[C@@H](CCF)c2ccc(OC)cc2)cc1. The van der Waals surface area contributed by atoms with E-state index in [0.29, 0.717) is 6.42 Å². The summed E-state index contributed by atoms with van der Waals surface area (Å²) in [4.78, 5) is 0. The van der Waals surface area contributed by atoms with Gasteiger partial charge in [-0.3, -0.25) is 4.39 Å². The van der Waals surface area contributed by atoms with Gasteiger partial charge in [0.2, 0.25) is 0 Å². The average Bonchev–Trinajstić information content (AvgIpc) is 2.62. The first-order valence-electron chi connectivity index (χ1n) is 7.47. The van der Waals surface area contributed by atoms with Crippen molar-refractivity contribution in [1.29, 1.82) is 5.26 Å². The Morgan fingerprint density at radius 3 is 1.78 bits per heavy atom. The van der Waals surface area contributed by atoms with E-state index in [2.05, 4.69) is 6.07 Å². The second-order valence-corrected chi connectivity index (χ2v) is 5.24. The molecule has 0 aromatic heterocycles. The van der Waals surface area contributed by atoms with Gasteiger partial charge in [0.25, 0.3) is 0 Å². The minimum absolute atomic E-state index is 0.204. The van der Waals surface area contributed by atoms with Crippen LogP contribution in [0.25, 0.3) is 0 Å². The van der Waals surface area contributed by atoms with E-state index in [4.69, 9.17) is 9.47 Å². The third-order valence-corrected chi connectivity index (χ3v) is 3.98. The van der Waals surface area contributed by atoms with Gasteiger partial charge in [0, 0.05) is 5.92 Å². The number of alkyl halides is 1. The Morgan fingerprint density at radius 1 is 0.913 bits per heavy atom. The molecule has 2 rings (SSSR count). The molecular weight excluding hydrogens is 293 g/mol. The van der Waals surface area contributed by atoms with Crippen LogP contribution in [0.15, 0.2) is 48.5 Å². The van der Waals surface area contributed by atoms with Gasteiger partial charge in [-0.05, 0) is 41.8 Å². The molecule has 0 aliphatic rings. The van der Waals surface area contributed by atoms with E-state index in [0.717, 1.165) is 22.6 Å². The van der Waals surface area contributed by atoms with Crippen LogP contribution in [0, 0.1) is 11.3 Å². The van der Waals surface area contributed by atoms with Crippen molar-refractivity contribution in [3.8, 4) is 17.6 Å². The highest BCUT2D eigenvalue weighted by Crippen LogP contribution is 2.36. The van der Waals surface area contributed by atoms with Crippen LogP contribution in [0.1, 0.15) is 29.4 Å². The largest absolute Gasteiger partial charge is 0.497 e. The molecule has 0 radical (unpaired) electrons. The van der Waals surface area contributed by atoms with E-state index in [9.17, 15) is 9.65 Å². The molecule has 120 valence electrons. The molecule has 0 unspecified atom stereocenters. The van der Waals surface area contributed by atoms with Crippen molar-refractivity contribution in [2.75, 3.05) is 20.9 Å². The second kappa shape index (κ2) is 8.19. The molecular formula is C19H20FNO2. The van der Waals surface area contributed by atoms with Gasteiger partial charge >= 0.3 is 0 Å². The highest BCUT2D eigenvalue weighted by Gasteiger charge is 2.24. The lowest BCUT2D eigenvalue weighted by Crippen LogP contribution is -2.11. The molecule has 0 heterocycles. The Balaban J connectivity index is 2.33. The fourth-order valence-electron chi connectivity index (χ4n) is 2.70. The zero-order valence-corrected chi connectivity index (χ0v) is 13.3. The van der Waals surface area contributed by atoms with Crippen LogP contribution in [-0.4, -0.2) is 20.9 Å².